The molecule has 2 fully saturated rings. The SMILES string of the molecule is CCOC(=O)[C@H]1[C@H]2C=CC3(CN(C(c4ccccc4)c4ccccc4)C(=O)[C@@H]13)O2. The van der Waals surface area contributed by atoms with Gasteiger partial charge in [-0.25, -0.2) is 0 Å². The predicted octanol–water partition coefficient (Wildman–Crippen LogP) is 3.12. The van der Waals surface area contributed by atoms with Crippen LogP contribution in [-0.4, -0.2) is 41.6 Å². The van der Waals surface area contributed by atoms with Gasteiger partial charge in [0.25, 0.3) is 0 Å². The Morgan fingerprint density at radius 2 is 1.76 bits per heavy atom. The van der Waals surface area contributed by atoms with Crippen LogP contribution in [0.2, 0.25) is 0 Å². The normalized spacial score (nSPS) is 29.5. The minimum Gasteiger partial charge on any atom is -0.466 e. The Balaban J connectivity index is 1.55. The van der Waals surface area contributed by atoms with Crippen molar-refractivity contribution in [3.63, 3.8) is 0 Å². The molecule has 29 heavy (non-hydrogen) atoms. The first kappa shape index (κ1) is 18.1. The number of likely N-dealkylation sites (tertiary alicyclic amines) is 1. The van der Waals surface area contributed by atoms with Gasteiger partial charge in [-0.3, -0.25) is 9.59 Å². The topological polar surface area (TPSA) is 55.8 Å². The van der Waals surface area contributed by atoms with Crippen LogP contribution in [-0.2, 0) is 19.1 Å². The van der Waals surface area contributed by atoms with Crippen LogP contribution in [0.1, 0.15) is 24.1 Å². The van der Waals surface area contributed by atoms with Crippen LogP contribution in [0.25, 0.3) is 0 Å². The van der Waals surface area contributed by atoms with Crippen molar-refractivity contribution in [1.82, 2.24) is 4.90 Å². The Morgan fingerprint density at radius 1 is 1.14 bits per heavy atom. The third-order valence-electron chi connectivity index (χ3n) is 6.23. The quantitative estimate of drug-likeness (QED) is 0.582. The molecule has 3 aliphatic rings. The highest BCUT2D eigenvalue weighted by Gasteiger charge is 2.68. The molecule has 5 heteroatoms. The van der Waals surface area contributed by atoms with Crippen molar-refractivity contribution >= 4 is 11.9 Å². The van der Waals surface area contributed by atoms with Gasteiger partial charge in [0, 0.05) is 0 Å². The van der Waals surface area contributed by atoms with Crippen LogP contribution in [0.4, 0.5) is 0 Å². The molecule has 0 N–H and O–H groups in total. The summed E-state index contributed by atoms with van der Waals surface area (Å²) in [6, 6.07) is 19.8. The molecule has 2 bridgehead atoms. The predicted molar refractivity (Wildman–Crippen MR) is 107 cm³/mol. The maximum absolute atomic E-state index is 13.7. The van der Waals surface area contributed by atoms with Crippen LogP contribution < -0.4 is 0 Å². The maximum atomic E-state index is 13.7. The van der Waals surface area contributed by atoms with Crippen molar-refractivity contribution in [1.29, 1.82) is 0 Å². The lowest BCUT2D eigenvalue weighted by atomic mass is 9.77. The monoisotopic (exact) mass is 389 g/mol. The van der Waals surface area contributed by atoms with Gasteiger partial charge in [-0.1, -0.05) is 72.8 Å². The van der Waals surface area contributed by atoms with Crippen molar-refractivity contribution in [2.24, 2.45) is 11.8 Å². The molecule has 3 aliphatic heterocycles. The number of rotatable bonds is 5. The lowest BCUT2D eigenvalue weighted by Gasteiger charge is -2.31. The molecule has 0 saturated carbocycles. The molecule has 0 aliphatic carbocycles. The van der Waals surface area contributed by atoms with Crippen molar-refractivity contribution in [3.05, 3.63) is 83.9 Å². The number of carbonyl (C=O) groups is 2. The zero-order chi connectivity index (χ0) is 20.0. The molecule has 4 atom stereocenters. The molecule has 2 saturated heterocycles. The van der Waals surface area contributed by atoms with Gasteiger partial charge in [0.2, 0.25) is 5.91 Å². The minimum atomic E-state index is -0.749. The first-order chi connectivity index (χ1) is 14.1. The zero-order valence-electron chi connectivity index (χ0n) is 16.2. The smallest absolute Gasteiger partial charge is 0.312 e. The lowest BCUT2D eigenvalue weighted by Crippen LogP contribution is -2.40. The maximum Gasteiger partial charge on any atom is 0.312 e. The second-order valence-electron chi connectivity index (χ2n) is 7.84. The highest BCUT2D eigenvalue weighted by Crippen LogP contribution is 2.54. The number of ether oxygens (including phenoxy) is 2. The van der Waals surface area contributed by atoms with E-state index in [9.17, 15) is 9.59 Å². The zero-order valence-corrected chi connectivity index (χ0v) is 16.2. The Hall–Kier alpha value is -2.92. The minimum absolute atomic E-state index is 0.0485. The third-order valence-corrected chi connectivity index (χ3v) is 6.23. The molecule has 0 radical (unpaired) electrons. The number of benzene rings is 2. The van der Waals surface area contributed by atoms with Gasteiger partial charge in [0.05, 0.1) is 31.2 Å². The summed E-state index contributed by atoms with van der Waals surface area (Å²) < 4.78 is 11.5. The largest absolute Gasteiger partial charge is 0.466 e. The summed E-state index contributed by atoms with van der Waals surface area (Å²) in [6.45, 7) is 2.50. The summed E-state index contributed by atoms with van der Waals surface area (Å²) in [4.78, 5) is 28.2. The average molecular weight is 389 g/mol. The van der Waals surface area contributed by atoms with E-state index in [4.69, 9.17) is 9.47 Å². The second kappa shape index (κ2) is 6.85. The van der Waals surface area contributed by atoms with E-state index < -0.39 is 17.4 Å². The molecule has 5 nitrogen and oxygen atoms in total. The second-order valence-corrected chi connectivity index (χ2v) is 7.84. The van der Waals surface area contributed by atoms with Crippen LogP contribution in [0.5, 0.6) is 0 Å². The molecule has 1 amide bonds. The Kier molecular flexibility index (Phi) is 4.28. The van der Waals surface area contributed by atoms with Crippen molar-refractivity contribution < 1.29 is 19.1 Å². The highest BCUT2D eigenvalue weighted by atomic mass is 16.6. The van der Waals surface area contributed by atoms with E-state index in [0.29, 0.717) is 13.2 Å². The van der Waals surface area contributed by atoms with Crippen molar-refractivity contribution in [2.45, 2.75) is 24.7 Å². The van der Waals surface area contributed by atoms with E-state index in [1.54, 1.807) is 6.92 Å². The molecule has 2 aromatic rings. The number of amides is 1. The fraction of sp³-hybridized carbons (Fsp3) is 0.333. The van der Waals surface area contributed by atoms with E-state index in [1.807, 2.05) is 77.7 Å². The van der Waals surface area contributed by atoms with Gasteiger partial charge in [-0.2, -0.15) is 0 Å². The first-order valence-electron chi connectivity index (χ1n) is 10.1. The number of hydrogen-bond acceptors (Lipinski definition) is 4. The summed E-state index contributed by atoms with van der Waals surface area (Å²) in [7, 11) is 0. The van der Waals surface area contributed by atoms with E-state index in [0.717, 1.165) is 11.1 Å². The number of carbonyl (C=O) groups excluding carboxylic acids is 2. The highest BCUT2D eigenvalue weighted by molar-refractivity contribution is 5.91. The Morgan fingerprint density at radius 3 is 2.34 bits per heavy atom. The lowest BCUT2D eigenvalue weighted by molar-refractivity contribution is -0.153. The third kappa shape index (κ3) is 2.72. The van der Waals surface area contributed by atoms with Crippen LogP contribution in [0.3, 0.4) is 0 Å². The van der Waals surface area contributed by atoms with E-state index in [2.05, 4.69) is 0 Å². The molecule has 1 unspecified atom stereocenters. The molecular weight excluding hydrogens is 366 g/mol. The van der Waals surface area contributed by atoms with Crippen molar-refractivity contribution in [3.8, 4) is 0 Å². The molecule has 5 rings (SSSR count). The fourth-order valence-electron chi connectivity index (χ4n) is 5.08. The molecule has 3 heterocycles. The average Bonchev–Trinajstić information content (AvgIpc) is 3.39. The molecule has 148 valence electrons. The summed E-state index contributed by atoms with van der Waals surface area (Å²) >= 11 is 0. The fourth-order valence-corrected chi connectivity index (χ4v) is 5.08. The van der Waals surface area contributed by atoms with E-state index in [1.165, 1.54) is 0 Å². The standard InChI is InChI=1S/C24H23NO4/c1-2-28-23(27)19-18-13-14-24(29-18)15-25(22(26)20(19)24)21(16-9-5-3-6-10-16)17-11-7-4-8-12-17/h3-14,18-21H,2,15H2,1H3/t18-,19+,20-,24?/m1/s1. The van der Waals surface area contributed by atoms with Crippen molar-refractivity contribution in [2.75, 3.05) is 13.2 Å². The van der Waals surface area contributed by atoms with Gasteiger partial charge in [-0.15, -0.1) is 0 Å². The van der Waals surface area contributed by atoms with Crippen LogP contribution >= 0.6 is 0 Å². The van der Waals surface area contributed by atoms with Crippen LogP contribution in [0.15, 0.2) is 72.8 Å². The molecule has 1 spiro atoms. The van der Waals surface area contributed by atoms with E-state index >= 15 is 0 Å². The molecule has 0 aromatic heterocycles. The summed E-state index contributed by atoms with van der Waals surface area (Å²) in [6.07, 6.45) is 3.51. The molecular formula is C24H23NO4. The first-order valence-corrected chi connectivity index (χ1v) is 10.1. The molecule has 2 aromatic carbocycles. The number of fused-ring (bicyclic) bond motifs is 1. The van der Waals surface area contributed by atoms with E-state index in [-0.39, 0.29) is 24.0 Å². The van der Waals surface area contributed by atoms with Gasteiger partial charge in [-0.05, 0) is 18.1 Å². The van der Waals surface area contributed by atoms with Gasteiger partial charge in [0.1, 0.15) is 11.5 Å². The summed E-state index contributed by atoms with van der Waals surface area (Å²) in [5.74, 6) is -1.51. The van der Waals surface area contributed by atoms with Gasteiger partial charge in [0.15, 0.2) is 0 Å². The van der Waals surface area contributed by atoms with Gasteiger partial charge >= 0.3 is 5.97 Å². The summed E-state index contributed by atoms with van der Waals surface area (Å²) in [5, 5.41) is 0. The summed E-state index contributed by atoms with van der Waals surface area (Å²) in [5.41, 5.74) is 1.32. The van der Waals surface area contributed by atoms with Crippen LogP contribution in [0, 0.1) is 11.8 Å². The Bertz CT molecular complexity index is 918. The number of hydrogen-bond donors (Lipinski definition) is 0. The Labute approximate surface area is 169 Å². The number of nitrogens with zero attached hydrogens (tertiary/aromatic N) is 1. The number of esters is 1. The van der Waals surface area contributed by atoms with Gasteiger partial charge < -0.3 is 14.4 Å².